The molecule has 0 aliphatic rings. The fraction of sp³-hybridized carbons (Fsp3) is 0.417. The molecule has 0 aliphatic carbocycles. The van der Waals surface area contributed by atoms with Gasteiger partial charge in [0, 0.05) is 5.02 Å². The second-order valence-corrected chi connectivity index (χ2v) is 4.50. The first-order chi connectivity index (χ1) is 6.40. The summed E-state index contributed by atoms with van der Waals surface area (Å²) < 4.78 is 0. The van der Waals surface area contributed by atoms with Crippen LogP contribution in [0.3, 0.4) is 0 Å². The number of aryl methyl sites for hydroxylation is 2. The van der Waals surface area contributed by atoms with Gasteiger partial charge in [-0.3, -0.25) is 0 Å². The van der Waals surface area contributed by atoms with Crippen LogP contribution in [0.5, 0.6) is 0 Å². The van der Waals surface area contributed by atoms with Gasteiger partial charge < -0.3 is 0 Å². The van der Waals surface area contributed by atoms with Crippen molar-refractivity contribution in [2.24, 2.45) is 0 Å². The molecule has 0 amide bonds. The van der Waals surface area contributed by atoms with Gasteiger partial charge in [0.2, 0.25) is 0 Å². The van der Waals surface area contributed by atoms with E-state index in [1.54, 1.807) is 0 Å². The lowest BCUT2D eigenvalue weighted by atomic mass is 9.82. The molecule has 2 heteroatoms. The molecular formula is C12H14ClN. The van der Waals surface area contributed by atoms with Crippen molar-refractivity contribution >= 4 is 11.6 Å². The molecule has 1 rings (SSSR count). The third kappa shape index (κ3) is 1.76. The van der Waals surface area contributed by atoms with Gasteiger partial charge in [-0.2, -0.15) is 5.26 Å². The van der Waals surface area contributed by atoms with Gasteiger partial charge in [0.15, 0.2) is 0 Å². The van der Waals surface area contributed by atoms with E-state index in [0.717, 1.165) is 21.7 Å². The molecule has 74 valence electrons. The molecule has 0 fully saturated rings. The monoisotopic (exact) mass is 207 g/mol. The minimum absolute atomic E-state index is 0.521. The second kappa shape index (κ2) is 3.63. The van der Waals surface area contributed by atoms with Crippen LogP contribution in [-0.4, -0.2) is 0 Å². The van der Waals surface area contributed by atoms with Crippen molar-refractivity contribution in [2.45, 2.75) is 33.1 Å². The van der Waals surface area contributed by atoms with Crippen LogP contribution in [0, 0.1) is 25.2 Å². The fourth-order valence-corrected chi connectivity index (χ4v) is 2.05. The Hall–Kier alpha value is -1.00. The Kier molecular flexibility index (Phi) is 2.87. The summed E-state index contributed by atoms with van der Waals surface area (Å²) in [6.45, 7) is 7.72. The van der Waals surface area contributed by atoms with Crippen molar-refractivity contribution in [2.75, 3.05) is 0 Å². The van der Waals surface area contributed by atoms with E-state index in [-0.39, 0.29) is 0 Å². The van der Waals surface area contributed by atoms with Crippen LogP contribution in [0.1, 0.15) is 30.5 Å². The van der Waals surface area contributed by atoms with E-state index in [1.807, 2.05) is 39.8 Å². The van der Waals surface area contributed by atoms with Crippen LogP contribution < -0.4 is 0 Å². The first-order valence-electron chi connectivity index (χ1n) is 4.57. The van der Waals surface area contributed by atoms with Crippen LogP contribution in [0.4, 0.5) is 0 Å². The lowest BCUT2D eigenvalue weighted by molar-refractivity contribution is 0.681. The maximum atomic E-state index is 9.08. The normalized spacial score (nSPS) is 11.1. The topological polar surface area (TPSA) is 23.8 Å². The average molecular weight is 208 g/mol. The SMILES string of the molecule is Cc1ccc(C)c(C(C)(C)C#N)c1Cl. The maximum absolute atomic E-state index is 9.08. The summed E-state index contributed by atoms with van der Waals surface area (Å²) in [6.07, 6.45) is 0. The van der Waals surface area contributed by atoms with E-state index in [9.17, 15) is 0 Å². The Morgan fingerprint density at radius 2 is 1.71 bits per heavy atom. The van der Waals surface area contributed by atoms with E-state index in [2.05, 4.69) is 6.07 Å². The third-order valence-electron chi connectivity index (χ3n) is 2.45. The molecule has 0 radical (unpaired) electrons. The van der Waals surface area contributed by atoms with Crippen molar-refractivity contribution in [3.63, 3.8) is 0 Å². The highest BCUT2D eigenvalue weighted by atomic mass is 35.5. The number of benzene rings is 1. The van der Waals surface area contributed by atoms with Gasteiger partial charge >= 0.3 is 0 Å². The molecule has 1 aromatic carbocycles. The van der Waals surface area contributed by atoms with Crippen LogP contribution in [0.2, 0.25) is 5.02 Å². The Morgan fingerprint density at radius 1 is 1.21 bits per heavy atom. The zero-order chi connectivity index (χ0) is 10.9. The minimum atomic E-state index is -0.521. The highest BCUT2D eigenvalue weighted by Crippen LogP contribution is 2.34. The zero-order valence-corrected chi connectivity index (χ0v) is 9.74. The van der Waals surface area contributed by atoms with Crippen LogP contribution in [0.15, 0.2) is 12.1 Å². The van der Waals surface area contributed by atoms with Crippen molar-refractivity contribution in [1.29, 1.82) is 5.26 Å². The van der Waals surface area contributed by atoms with Crippen molar-refractivity contribution in [3.05, 3.63) is 33.8 Å². The van der Waals surface area contributed by atoms with Crippen LogP contribution in [-0.2, 0) is 5.41 Å². The van der Waals surface area contributed by atoms with E-state index < -0.39 is 5.41 Å². The van der Waals surface area contributed by atoms with E-state index in [0.29, 0.717) is 0 Å². The van der Waals surface area contributed by atoms with Gasteiger partial charge in [-0.25, -0.2) is 0 Å². The second-order valence-electron chi connectivity index (χ2n) is 4.13. The Balaban J connectivity index is 3.49. The quantitative estimate of drug-likeness (QED) is 0.688. The van der Waals surface area contributed by atoms with E-state index >= 15 is 0 Å². The lowest BCUT2D eigenvalue weighted by Crippen LogP contribution is -2.16. The summed E-state index contributed by atoms with van der Waals surface area (Å²) in [6, 6.07) is 6.27. The fourth-order valence-electron chi connectivity index (χ4n) is 1.60. The molecule has 0 aromatic heterocycles. The maximum Gasteiger partial charge on any atom is 0.0783 e. The Bertz CT molecular complexity index is 400. The van der Waals surface area contributed by atoms with Crippen LogP contribution >= 0.6 is 11.6 Å². The molecule has 0 bridgehead atoms. The Labute approximate surface area is 90.3 Å². The largest absolute Gasteiger partial charge is 0.197 e. The molecule has 0 spiro atoms. The summed E-state index contributed by atoms with van der Waals surface area (Å²) in [5.41, 5.74) is 2.53. The summed E-state index contributed by atoms with van der Waals surface area (Å²) in [5.74, 6) is 0. The Morgan fingerprint density at radius 3 is 2.21 bits per heavy atom. The third-order valence-corrected chi connectivity index (χ3v) is 2.93. The molecule has 0 saturated heterocycles. The van der Waals surface area contributed by atoms with Gasteiger partial charge in [-0.1, -0.05) is 23.7 Å². The van der Waals surface area contributed by atoms with E-state index in [1.165, 1.54) is 0 Å². The lowest BCUT2D eigenvalue weighted by Gasteiger charge is -2.21. The first kappa shape index (κ1) is 11.1. The highest BCUT2D eigenvalue weighted by molar-refractivity contribution is 6.32. The molecule has 0 saturated carbocycles. The summed E-state index contributed by atoms with van der Waals surface area (Å²) in [5, 5.41) is 9.80. The number of rotatable bonds is 1. The molecule has 0 atom stereocenters. The standard InChI is InChI=1S/C12H14ClN/c1-8-5-6-9(2)11(13)10(8)12(3,4)7-14/h5-6H,1-4H3. The highest BCUT2D eigenvalue weighted by Gasteiger charge is 2.25. The summed E-state index contributed by atoms with van der Waals surface area (Å²) in [4.78, 5) is 0. The average Bonchev–Trinajstić information content (AvgIpc) is 2.12. The number of nitrogens with zero attached hydrogens (tertiary/aromatic N) is 1. The minimum Gasteiger partial charge on any atom is -0.197 e. The predicted molar refractivity (Wildman–Crippen MR) is 59.6 cm³/mol. The number of nitriles is 1. The van der Waals surface area contributed by atoms with Crippen molar-refractivity contribution < 1.29 is 0 Å². The molecule has 1 aromatic rings. The molecule has 0 unspecified atom stereocenters. The molecular weight excluding hydrogens is 194 g/mol. The predicted octanol–water partition coefficient (Wildman–Crippen LogP) is 3.76. The zero-order valence-electron chi connectivity index (χ0n) is 8.98. The molecule has 1 nitrogen and oxygen atoms in total. The molecule has 0 N–H and O–H groups in total. The van der Waals surface area contributed by atoms with Gasteiger partial charge in [0.25, 0.3) is 0 Å². The number of halogens is 1. The van der Waals surface area contributed by atoms with Gasteiger partial charge in [0.1, 0.15) is 0 Å². The molecule has 14 heavy (non-hydrogen) atoms. The van der Waals surface area contributed by atoms with Gasteiger partial charge in [-0.05, 0) is 44.4 Å². The van der Waals surface area contributed by atoms with Gasteiger partial charge in [0.05, 0.1) is 11.5 Å². The molecule has 0 aliphatic heterocycles. The van der Waals surface area contributed by atoms with E-state index in [4.69, 9.17) is 16.9 Å². The van der Waals surface area contributed by atoms with Crippen LogP contribution in [0.25, 0.3) is 0 Å². The number of hydrogen-bond acceptors (Lipinski definition) is 1. The molecule has 0 heterocycles. The smallest absolute Gasteiger partial charge is 0.0783 e. The van der Waals surface area contributed by atoms with Crippen molar-refractivity contribution in [3.8, 4) is 6.07 Å². The van der Waals surface area contributed by atoms with Crippen molar-refractivity contribution in [1.82, 2.24) is 0 Å². The summed E-state index contributed by atoms with van der Waals surface area (Å²) in [7, 11) is 0. The first-order valence-corrected chi connectivity index (χ1v) is 4.95. The number of hydrogen-bond donors (Lipinski definition) is 0. The summed E-state index contributed by atoms with van der Waals surface area (Å²) >= 11 is 6.21. The van der Waals surface area contributed by atoms with Gasteiger partial charge in [-0.15, -0.1) is 0 Å².